The molecule has 7 heteroatoms. The van der Waals surface area contributed by atoms with E-state index in [0.717, 1.165) is 11.3 Å². The summed E-state index contributed by atoms with van der Waals surface area (Å²) in [4.78, 5) is 25.4. The maximum Gasteiger partial charge on any atom is 0.337 e. The van der Waals surface area contributed by atoms with Crippen LogP contribution < -0.4 is 5.32 Å². The van der Waals surface area contributed by atoms with Gasteiger partial charge in [0.1, 0.15) is 11.7 Å². The lowest BCUT2D eigenvalue weighted by atomic mass is 9.79. The van der Waals surface area contributed by atoms with Crippen molar-refractivity contribution < 1.29 is 23.8 Å². The monoisotopic (exact) mass is 439 g/mol. The molecule has 0 fully saturated rings. The number of ether oxygens (including phenoxy) is 3. The Bertz CT molecular complexity index is 1060. The Balaban J connectivity index is 1.82. The van der Waals surface area contributed by atoms with Crippen molar-refractivity contribution >= 4 is 29.2 Å². The summed E-state index contributed by atoms with van der Waals surface area (Å²) in [7, 11) is 2.56. The molecule has 160 valence electrons. The molecule has 6 nitrogen and oxygen atoms in total. The fourth-order valence-corrected chi connectivity index (χ4v) is 4.40. The molecule has 2 bridgehead atoms. The van der Waals surface area contributed by atoms with Gasteiger partial charge in [-0.25, -0.2) is 9.59 Å². The zero-order valence-electron chi connectivity index (χ0n) is 17.1. The molecule has 0 saturated carbocycles. The summed E-state index contributed by atoms with van der Waals surface area (Å²) in [5, 5.41) is 4.09. The minimum absolute atomic E-state index is 0.157. The molecule has 2 aliphatic heterocycles. The molecule has 0 radical (unpaired) electrons. The van der Waals surface area contributed by atoms with E-state index >= 15 is 0 Å². The van der Waals surface area contributed by atoms with Crippen LogP contribution in [0.1, 0.15) is 5.56 Å². The first-order valence-corrected chi connectivity index (χ1v) is 10.2. The van der Waals surface area contributed by atoms with Crippen molar-refractivity contribution in [3.05, 3.63) is 88.5 Å². The van der Waals surface area contributed by atoms with E-state index in [1.807, 2.05) is 54.6 Å². The van der Waals surface area contributed by atoms with Gasteiger partial charge in [0.05, 0.1) is 31.4 Å². The number of hydrogen-bond donors (Lipinski definition) is 1. The molecule has 2 aromatic carbocycles. The Labute approximate surface area is 185 Å². The number of fused-ring (bicyclic) bond motifs is 2. The number of carbonyl (C=O) groups excluding carboxylic acids is 2. The molecule has 0 spiro atoms. The first-order valence-electron chi connectivity index (χ1n) is 9.83. The van der Waals surface area contributed by atoms with Gasteiger partial charge in [-0.1, -0.05) is 48.0 Å². The van der Waals surface area contributed by atoms with Crippen molar-refractivity contribution in [2.45, 2.75) is 24.2 Å². The Morgan fingerprint density at radius 2 is 1.84 bits per heavy atom. The summed E-state index contributed by atoms with van der Waals surface area (Å²) < 4.78 is 16.3. The van der Waals surface area contributed by atoms with Gasteiger partial charge in [-0.05, 0) is 42.3 Å². The Morgan fingerprint density at radius 3 is 2.52 bits per heavy atom. The average molecular weight is 440 g/mol. The maximum atomic E-state index is 12.9. The fourth-order valence-electron chi connectivity index (χ4n) is 4.19. The number of hydrogen-bond acceptors (Lipinski definition) is 6. The molecule has 1 N–H and O–H groups in total. The highest BCUT2D eigenvalue weighted by atomic mass is 35.5. The van der Waals surface area contributed by atoms with Crippen LogP contribution in [0.4, 0.5) is 5.69 Å². The second-order valence-corrected chi connectivity index (χ2v) is 7.80. The number of nitrogens with one attached hydrogen (secondary N) is 1. The molecule has 2 heterocycles. The van der Waals surface area contributed by atoms with Crippen molar-refractivity contribution in [2.75, 3.05) is 19.5 Å². The molecule has 31 heavy (non-hydrogen) atoms. The van der Waals surface area contributed by atoms with Gasteiger partial charge in [-0.2, -0.15) is 0 Å². The highest BCUT2D eigenvalue weighted by molar-refractivity contribution is 6.30. The van der Waals surface area contributed by atoms with Crippen LogP contribution in [0.15, 0.2) is 77.9 Å². The van der Waals surface area contributed by atoms with Gasteiger partial charge in [0.15, 0.2) is 0 Å². The second-order valence-electron chi connectivity index (χ2n) is 7.36. The zero-order chi connectivity index (χ0) is 22.0. The van der Waals surface area contributed by atoms with Crippen LogP contribution >= 0.6 is 11.6 Å². The average Bonchev–Trinajstić information content (AvgIpc) is 3.36. The van der Waals surface area contributed by atoms with Gasteiger partial charge < -0.3 is 19.5 Å². The van der Waals surface area contributed by atoms with E-state index in [-0.39, 0.29) is 11.1 Å². The van der Waals surface area contributed by atoms with Crippen LogP contribution in [-0.2, 0) is 30.2 Å². The highest BCUT2D eigenvalue weighted by Crippen LogP contribution is 2.47. The van der Waals surface area contributed by atoms with Crippen molar-refractivity contribution in [1.82, 2.24) is 0 Å². The predicted octanol–water partition coefficient (Wildman–Crippen LogP) is 3.71. The molecular formula is C24H22ClNO5. The van der Waals surface area contributed by atoms with Crippen molar-refractivity contribution in [1.29, 1.82) is 0 Å². The molecular weight excluding hydrogens is 418 g/mol. The molecule has 3 unspecified atom stereocenters. The van der Waals surface area contributed by atoms with E-state index < -0.39 is 29.7 Å². The number of carbonyl (C=O) groups is 2. The third kappa shape index (κ3) is 3.84. The normalized spacial score (nSPS) is 22.4. The summed E-state index contributed by atoms with van der Waals surface area (Å²) in [6, 6.07) is 16.6. The smallest absolute Gasteiger partial charge is 0.337 e. The summed E-state index contributed by atoms with van der Waals surface area (Å²) in [5.41, 5.74) is 0.915. The lowest BCUT2D eigenvalue weighted by Gasteiger charge is -2.36. The number of benzene rings is 2. The van der Waals surface area contributed by atoms with E-state index in [9.17, 15) is 9.59 Å². The fraction of sp³-hybridized carbons (Fsp3) is 0.250. The van der Waals surface area contributed by atoms with Gasteiger partial charge in [0.2, 0.25) is 0 Å². The lowest BCUT2D eigenvalue weighted by Crippen LogP contribution is -2.49. The van der Waals surface area contributed by atoms with E-state index in [1.165, 1.54) is 14.2 Å². The molecule has 0 amide bonds. The highest BCUT2D eigenvalue weighted by Gasteiger charge is 2.58. The standard InChI is InChI=1S/C24H22ClNO5/c1-29-22(27)20-18-11-12-24(31-18,21(20)23(28)30-2)19(26-17-9-4-3-5-10-17)14-15-7-6-8-16(25)13-15/h3-13,18-19,26H,14H2,1-2H3. The van der Waals surface area contributed by atoms with Crippen LogP contribution in [-0.4, -0.2) is 43.9 Å². The number of para-hydroxylation sites is 1. The number of esters is 2. The molecule has 2 aromatic rings. The zero-order valence-corrected chi connectivity index (χ0v) is 17.9. The number of rotatable bonds is 7. The minimum Gasteiger partial charge on any atom is -0.466 e. The third-order valence-electron chi connectivity index (χ3n) is 5.54. The Morgan fingerprint density at radius 1 is 1.10 bits per heavy atom. The Hall–Kier alpha value is -3.09. The van der Waals surface area contributed by atoms with Crippen molar-refractivity contribution in [3.63, 3.8) is 0 Å². The SMILES string of the molecule is COC(=O)C1=C(C(=O)OC)C2(C(Cc3cccc(Cl)c3)Nc3ccccc3)C=CC1O2. The van der Waals surface area contributed by atoms with E-state index in [4.69, 9.17) is 25.8 Å². The van der Waals surface area contributed by atoms with Gasteiger partial charge in [0, 0.05) is 10.7 Å². The quantitative estimate of drug-likeness (QED) is 0.523. The van der Waals surface area contributed by atoms with E-state index in [0.29, 0.717) is 11.4 Å². The van der Waals surface area contributed by atoms with Gasteiger partial charge in [-0.3, -0.25) is 0 Å². The number of methoxy groups -OCH3 is 2. The number of halogens is 1. The van der Waals surface area contributed by atoms with Crippen LogP contribution in [0, 0.1) is 0 Å². The summed E-state index contributed by atoms with van der Waals surface area (Å²) >= 11 is 6.20. The van der Waals surface area contributed by atoms with Gasteiger partial charge >= 0.3 is 11.9 Å². The first-order chi connectivity index (χ1) is 15.0. The van der Waals surface area contributed by atoms with Crippen molar-refractivity contribution in [2.24, 2.45) is 0 Å². The topological polar surface area (TPSA) is 73.9 Å². The minimum atomic E-state index is -1.21. The summed E-state index contributed by atoms with van der Waals surface area (Å²) in [6.07, 6.45) is 3.39. The second kappa shape index (κ2) is 8.57. The summed E-state index contributed by atoms with van der Waals surface area (Å²) in [5.74, 6) is -1.24. The molecule has 0 aromatic heterocycles. The molecule has 0 saturated heterocycles. The summed E-state index contributed by atoms with van der Waals surface area (Å²) in [6.45, 7) is 0. The molecule has 0 aliphatic carbocycles. The van der Waals surface area contributed by atoms with E-state index in [2.05, 4.69) is 5.32 Å². The lowest BCUT2D eigenvalue weighted by molar-refractivity contribution is -0.139. The molecule has 4 rings (SSSR count). The maximum absolute atomic E-state index is 12.9. The van der Waals surface area contributed by atoms with Crippen LogP contribution in [0.25, 0.3) is 0 Å². The molecule has 3 atom stereocenters. The number of anilines is 1. The predicted molar refractivity (Wildman–Crippen MR) is 117 cm³/mol. The van der Waals surface area contributed by atoms with E-state index in [1.54, 1.807) is 12.1 Å². The first kappa shape index (κ1) is 21.2. The third-order valence-corrected chi connectivity index (χ3v) is 5.78. The molecule has 2 aliphatic rings. The van der Waals surface area contributed by atoms with Crippen molar-refractivity contribution in [3.8, 4) is 0 Å². The van der Waals surface area contributed by atoms with Crippen LogP contribution in [0.5, 0.6) is 0 Å². The van der Waals surface area contributed by atoms with Crippen LogP contribution in [0.2, 0.25) is 5.02 Å². The van der Waals surface area contributed by atoms with Crippen LogP contribution in [0.3, 0.4) is 0 Å². The Kier molecular flexibility index (Phi) is 5.85. The largest absolute Gasteiger partial charge is 0.466 e. The van der Waals surface area contributed by atoms with Gasteiger partial charge in [0.25, 0.3) is 0 Å². The van der Waals surface area contributed by atoms with Gasteiger partial charge in [-0.15, -0.1) is 0 Å².